The fraction of sp³-hybridized carbons (Fsp3) is 0.875. The van der Waals surface area contributed by atoms with Gasteiger partial charge in [0.15, 0.2) is 6.29 Å². The van der Waals surface area contributed by atoms with Crippen molar-refractivity contribution in [2.45, 2.75) is 84.7 Å². The molecule has 0 unspecified atom stereocenters. The summed E-state index contributed by atoms with van der Waals surface area (Å²) in [5.41, 5.74) is -0.979. The number of hydrogen-bond donors (Lipinski definition) is 0. The van der Waals surface area contributed by atoms with E-state index < -0.39 is 11.5 Å². The molecule has 174 valence electrons. The first-order valence-corrected chi connectivity index (χ1v) is 11.8. The number of aldehydes is 1. The maximum Gasteiger partial charge on any atom is 0.302 e. The highest BCUT2D eigenvalue weighted by molar-refractivity contribution is 5.67. The molecule has 4 aliphatic rings. The zero-order valence-corrected chi connectivity index (χ0v) is 19.1. The van der Waals surface area contributed by atoms with E-state index in [0.29, 0.717) is 18.8 Å². The van der Waals surface area contributed by atoms with Crippen molar-refractivity contribution in [3.63, 3.8) is 0 Å². The minimum absolute atomic E-state index is 0.00295. The first-order chi connectivity index (χ1) is 14.7. The van der Waals surface area contributed by atoms with Gasteiger partial charge in [-0.1, -0.05) is 20.3 Å². The summed E-state index contributed by atoms with van der Waals surface area (Å²) in [6.45, 7) is 8.10. The van der Waals surface area contributed by atoms with Crippen LogP contribution in [0.25, 0.3) is 0 Å². The molecule has 0 amide bonds. The molecular weight excluding hydrogens is 400 g/mol. The molecule has 2 saturated carbocycles. The third-order valence-electron chi connectivity index (χ3n) is 8.99. The van der Waals surface area contributed by atoms with Gasteiger partial charge in [-0.05, 0) is 43.9 Å². The molecule has 7 nitrogen and oxygen atoms in total. The van der Waals surface area contributed by atoms with Gasteiger partial charge >= 0.3 is 11.9 Å². The highest BCUT2D eigenvalue weighted by Crippen LogP contribution is 2.65. The van der Waals surface area contributed by atoms with Crippen molar-refractivity contribution in [3.05, 3.63) is 0 Å². The topological polar surface area (TPSA) is 88.1 Å². The molecule has 2 aliphatic heterocycles. The minimum atomic E-state index is -0.736. The molecule has 9 atom stereocenters. The van der Waals surface area contributed by atoms with Crippen LogP contribution in [-0.2, 0) is 33.3 Å². The van der Waals surface area contributed by atoms with Crippen LogP contribution >= 0.6 is 0 Å². The van der Waals surface area contributed by atoms with Crippen LogP contribution in [-0.4, -0.2) is 49.9 Å². The Bertz CT molecular complexity index is 711. The van der Waals surface area contributed by atoms with E-state index in [2.05, 4.69) is 13.8 Å². The third-order valence-corrected chi connectivity index (χ3v) is 8.99. The quantitative estimate of drug-likeness (QED) is 0.483. The van der Waals surface area contributed by atoms with Crippen LogP contribution in [0.1, 0.15) is 66.2 Å². The standard InChI is InChI=1S/C24H36O7/c1-14-10-21(30-16(3)27)24(13-29-15(2)26)18(12-25)6-5-7-19(24)23(14,4)20-11-17-8-9-28-22(17)31-20/h12,14,17-22H,5-11,13H2,1-4H3/t14-,17-,18-,19-,20+,21+,22+,23+,24+/m1/s1. The second-order valence-electron chi connectivity index (χ2n) is 10.4. The van der Waals surface area contributed by atoms with Gasteiger partial charge in [0.1, 0.15) is 19.0 Å². The summed E-state index contributed by atoms with van der Waals surface area (Å²) in [5.74, 6) is -0.434. The van der Waals surface area contributed by atoms with Crippen molar-refractivity contribution in [2.24, 2.45) is 34.5 Å². The summed E-state index contributed by atoms with van der Waals surface area (Å²) >= 11 is 0. The minimum Gasteiger partial charge on any atom is -0.465 e. The molecule has 31 heavy (non-hydrogen) atoms. The molecular formula is C24H36O7. The second-order valence-corrected chi connectivity index (χ2v) is 10.4. The van der Waals surface area contributed by atoms with Crippen LogP contribution < -0.4 is 0 Å². The van der Waals surface area contributed by atoms with Crippen molar-refractivity contribution in [1.82, 2.24) is 0 Å². The lowest BCUT2D eigenvalue weighted by molar-refractivity contribution is -0.249. The van der Waals surface area contributed by atoms with Crippen molar-refractivity contribution in [1.29, 1.82) is 0 Å². The van der Waals surface area contributed by atoms with Gasteiger partial charge in [0, 0.05) is 31.1 Å². The van der Waals surface area contributed by atoms with Gasteiger partial charge in [0.05, 0.1) is 18.1 Å². The molecule has 2 aliphatic carbocycles. The normalized spacial score (nSPS) is 46.6. The number of hydrogen-bond acceptors (Lipinski definition) is 7. The Morgan fingerprint density at radius 2 is 1.90 bits per heavy atom. The van der Waals surface area contributed by atoms with Gasteiger partial charge in [-0.2, -0.15) is 0 Å². The second kappa shape index (κ2) is 8.47. The molecule has 0 aromatic rings. The summed E-state index contributed by atoms with van der Waals surface area (Å²) in [5, 5.41) is 0. The first kappa shape index (κ1) is 22.7. The van der Waals surface area contributed by atoms with Crippen LogP contribution in [0.4, 0.5) is 0 Å². The van der Waals surface area contributed by atoms with Crippen molar-refractivity contribution in [2.75, 3.05) is 13.2 Å². The Hall–Kier alpha value is -1.47. The molecule has 0 aromatic carbocycles. The summed E-state index contributed by atoms with van der Waals surface area (Å²) in [6, 6.07) is 0. The molecule has 4 fully saturated rings. The molecule has 2 heterocycles. The molecule has 2 saturated heterocycles. The average molecular weight is 437 g/mol. The fourth-order valence-corrected chi connectivity index (χ4v) is 7.33. The number of fused-ring (bicyclic) bond motifs is 2. The van der Waals surface area contributed by atoms with E-state index in [1.807, 2.05) is 0 Å². The van der Waals surface area contributed by atoms with E-state index in [0.717, 1.165) is 38.6 Å². The predicted octanol–water partition coefficient (Wildman–Crippen LogP) is 3.28. The zero-order chi connectivity index (χ0) is 22.4. The summed E-state index contributed by atoms with van der Waals surface area (Å²) < 4.78 is 23.8. The Morgan fingerprint density at radius 1 is 1.13 bits per heavy atom. The summed E-state index contributed by atoms with van der Waals surface area (Å²) in [4.78, 5) is 36.2. The predicted molar refractivity (Wildman–Crippen MR) is 111 cm³/mol. The Morgan fingerprint density at radius 3 is 2.55 bits per heavy atom. The SMILES string of the molecule is CC(=O)OC[C@@]12[C@@H](OC(C)=O)C[C@@H](C)[C@](C)([C@@H]3C[C@H]4CCO[C@H]4O3)[C@H]1CCC[C@@H]2C=O. The fourth-order valence-electron chi connectivity index (χ4n) is 7.33. The van der Waals surface area contributed by atoms with Crippen LogP contribution in [0.15, 0.2) is 0 Å². The summed E-state index contributed by atoms with van der Waals surface area (Å²) in [6.07, 6.45) is 5.48. The molecule has 0 radical (unpaired) electrons. The number of esters is 2. The maximum atomic E-state index is 12.3. The van der Waals surface area contributed by atoms with Gasteiger partial charge in [-0.3, -0.25) is 9.59 Å². The van der Waals surface area contributed by atoms with Crippen LogP contribution in [0.3, 0.4) is 0 Å². The van der Waals surface area contributed by atoms with E-state index in [1.165, 1.54) is 13.8 Å². The first-order valence-electron chi connectivity index (χ1n) is 11.8. The van der Waals surface area contributed by atoms with Crippen LogP contribution in [0.2, 0.25) is 0 Å². The van der Waals surface area contributed by atoms with Gasteiger partial charge < -0.3 is 23.7 Å². The molecule has 7 heteroatoms. The highest BCUT2D eigenvalue weighted by Gasteiger charge is 2.67. The lowest BCUT2D eigenvalue weighted by Gasteiger charge is -2.63. The van der Waals surface area contributed by atoms with Gasteiger partial charge in [0.25, 0.3) is 0 Å². The van der Waals surface area contributed by atoms with Crippen molar-refractivity contribution in [3.8, 4) is 0 Å². The van der Waals surface area contributed by atoms with Crippen molar-refractivity contribution < 1.29 is 33.3 Å². The Labute approximate surface area is 184 Å². The molecule has 0 N–H and O–H groups in total. The van der Waals surface area contributed by atoms with Crippen molar-refractivity contribution >= 4 is 18.2 Å². The number of ether oxygens (including phenoxy) is 4. The van der Waals surface area contributed by atoms with Gasteiger partial charge in [-0.25, -0.2) is 0 Å². The molecule has 0 spiro atoms. The third kappa shape index (κ3) is 3.62. The largest absolute Gasteiger partial charge is 0.465 e. The zero-order valence-electron chi connectivity index (χ0n) is 19.1. The summed E-state index contributed by atoms with van der Waals surface area (Å²) in [7, 11) is 0. The number of carbonyl (C=O) groups is 3. The molecule has 4 rings (SSSR count). The average Bonchev–Trinajstić information content (AvgIpc) is 3.32. The van der Waals surface area contributed by atoms with Crippen LogP contribution in [0.5, 0.6) is 0 Å². The number of carbonyl (C=O) groups excluding carboxylic acids is 3. The molecule has 0 bridgehead atoms. The molecule has 0 aromatic heterocycles. The van der Waals surface area contributed by atoms with E-state index in [-0.39, 0.29) is 54.1 Å². The van der Waals surface area contributed by atoms with E-state index >= 15 is 0 Å². The monoisotopic (exact) mass is 436 g/mol. The smallest absolute Gasteiger partial charge is 0.302 e. The van der Waals surface area contributed by atoms with Gasteiger partial charge in [-0.15, -0.1) is 0 Å². The van der Waals surface area contributed by atoms with E-state index in [1.54, 1.807) is 0 Å². The Kier molecular flexibility index (Phi) is 6.21. The highest BCUT2D eigenvalue weighted by atomic mass is 16.7. The van der Waals surface area contributed by atoms with E-state index in [9.17, 15) is 14.4 Å². The maximum absolute atomic E-state index is 12.3. The lowest BCUT2D eigenvalue weighted by Crippen LogP contribution is -2.66. The lowest BCUT2D eigenvalue weighted by atomic mass is 9.42. The Balaban J connectivity index is 1.77. The number of rotatable bonds is 5. The van der Waals surface area contributed by atoms with Crippen LogP contribution in [0, 0.1) is 34.5 Å². The van der Waals surface area contributed by atoms with E-state index in [4.69, 9.17) is 18.9 Å². The van der Waals surface area contributed by atoms with Gasteiger partial charge in [0.2, 0.25) is 0 Å².